The first-order chi connectivity index (χ1) is 9.75. The van der Waals surface area contributed by atoms with Crippen molar-refractivity contribution in [1.82, 2.24) is 0 Å². The Kier molecular flexibility index (Phi) is 3.78. The molecule has 0 heterocycles. The molecular weight excluding hydrogens is 252 g/mol. The number of hydrogen-bond donors (Lipinski definition) is 0. The molecule has 0 bridgehead atoms. The normalized spacial score (nSPS) is 52.9. The molecule has 0 aromatic heterocycles. The Morgan fingerprint density at radius 1 is 0.810 bits per heavy atom. The van der Waals surface area contributed by atoms with Crippen LogP contribution in [0.3, 0.4) is 0 Å². The highest BCUT2D eigenvalue weighted by Crippen LogP contribution is 2.69. The van der Waals surface area contributed by atoms with E-state index in [2.05, 4.69) is 41.5 Å². The maximum atomic E-state index is 2.70. The quantitative estimate of drug-likeness (QED) is 0.504. The number of fused-ring (bicyclic) bond motifs is 3. The molecule has 2 unspecified atom stereocenters. The van der Waals surface area contributed by atoms with Crippen molar-refractivity contribution >= 4 is 0 Å². The van der Waals surface area contributed by atoms with Crippen molar-refractivity contribution in [1.29, 1.82) is 0 Å². The summed E-state index contributed by atoms with van der Waals surface area (Å²) in [5, 5.41) is 0. The van der Waals surface area contributed by atoms with Crippen molar-refractivity contribution in [2.45, 2.75) is 92.9 Å². The van der Waals surface area contributed by atoms with E-state index < -0.39 is 0 Å². The van der Waals surface area contributed by atoms with E-state index in [1.807, 2.05) is 0 Å². The van der Waals surface area contributed by atoms with E-state index in [1.165, 1.54) is 51.4 Å². The monoisotopic (exact) mass is 290 g/mol. The summed E-state index contributed by atoms with van der Waals surface area (Å²) in [5.41, 5.74) is 1.84. The lowest BCUT2D eigenvalue weighted by atomic mass is 9.38. The van der Waals surface area contributed by atoms with Gasteiger partial charge in [0.2, 0.25) is 0 Å². The van der Waals surface area contributed by atoms with E-state index in [0.29, 0.717) is 16.2 Å². The average molecular weight is 291 g/mol. The molecule has 3 rings (SSSR count). The van der Waals surface area contributed by atoms with Crippen LogP contribution in [-0.4, -0.2) is 0 Å². The maximum absolute atomic E-state index is 2.70. The highest BCUT2D eigenvalue weighted by molar-refractivity contribution is 5.10. The molecule has 0 aromatic carbocycles. The molecule has 0 aliphatic heterocycles. The molecule has 3 aliphatic rings. The van der Waals surface area contributed by atoms with Crippen LogP contribution in [0.4, 0.5) is 0 Å². The van der Waals surface area contributed by atoms with Crippen molar-refractivity contribution in [3.8, 4) is 0 Å². The molecule has 0 nitrogen and oxygen atoms in total. The summed E-state index contributed by atoms with van der Waals surface area (Å²) in [5.74, 6) is 3.89. The summed E-state index contributed by atoms with van der Waals surface area (Å²) in [6.07, 6.45) is 11.8. The zero-order chi connectivity index (χ0) is 15.5. The van der Waals surface area contributed by atoms with Crippen molar-refractivity contribution < 1.29 is 0 Å². The fourth-order valence-electron chi connectivity index (χ4n) is 7.94. The van der Waals surface area contributed by atoms with Gasteiger partial charge in [0.25, 0.3) is 0 Å². The van der Waals surface area contributed by atoms with E-state index >= 15 is 0 Å². The summed E-state index contributed by atoms with van der Waals surface area (Å²) in [6, 6.07) is 0. The number of rotatable bonds is 1. The lowest BCUT2D eigenvalue weighted by Crippen LogP contribution is -2.58. The molecule has 0 saturated heterocycles. The molecule has 0 radical (unpaired) electrons. The van der Waals surface area contributed by atoms with Crippen LogP contribution in [0.15, 0.2) is 0 Å². The molecule has 0 spiro atoms. The minimum atomic E-state index is 0.582. The van der Waals surface area contributed by atoms with Gasteiger partial charge in [-0.25, -0.2) is 0 Å². The van der Waals surface area contributed by atoms with Gasteiger partial charge in [-0.3, -0.25) is 0 Å². The molecular formula is C21H38. The maximum Gasteiger partial charge on any atom is -0.0259 e. The van der Waals surface area contributed by atoms with Gasteiger partial charge in [0.15, 0.2) is 0 Å². The van der Waals surface area contributed by atoms with Crippen LogP contribution in [0, 0.1) is 39.9 Å². The Morgan fingerprint density at radius 3 is 2.19 bits per heavy atom. The van der Waals surface area contributed by atoms with Gasteiger partial charge in [0.1, 0.15) is 0 Å². The smallest absolute Gasteiger partial charge is 0.0259 e. The standard InChI is InChI=1S/C21H38/c1-7-16-15(2)9-10-18-20(16,5)14-11-17-19(3,4)12-8-13-21(17,18)6/h15-18H,7-14H2,1-6H3/t15-,16+,17?,18?,20-,21-/m1/s1. The molecule has 3 aliphatic carbocycles. The highest BCUT2D eigenvalue weighted by atomic mass is 14.7. The fraction of sp³-hybridized carbons (Fsp3) is 1.00. The third kappa shape index (κ3) is 2.14. The Bertz CT molecular complexity index is 395. The second-order valence-corrected chi connectivity index (χ2v) is 10.1. The number of hydrogen-bond acceptors (Lipinski definition) is 0. The summed E-state index contributed by atoms with van der Waals surface area (Å²) >= 11 is 0. The topological polar surface area (TPSA) is 0 Å². The Balaban J connectivity index is 1.98. The fourth-order valence-corrected chi connectivity index (χ4v) is 7.94. The van der Waals surface area contributed by atoms with Gasteiger partial charge in [0.05, 0.1) is 0 Å². The average Bonchev–Trinajstić information content (AvgIpc) is 2.36. The molecule has 3 saturated carbocycles. The predicted molar refractivity (Wildman–Crippen MR) is 92.2 cm³/mol. The highest BCUT2D eigenvalue weighted by Gasteiger charge is 2.61. The molecule has 21 heavy (non-hydrogen) atoms. The second-order valence-electron chi connectivity index (χ2n) is 10.1. The third-order valence-electron chi connectivity index (χ3n) is 8.72. The van der Waals surface area contributed by atoms with Crippen LogP contribution >= 0.6 is 0 Å². The first-order valence-electron chi connectivity index (χ1n) is 9.75. The van der Waals surface area contributed by atoms with E-state index in [1.54, 1.807) is 0 Å². The molecule has 6 atom stereocenters. The first kappa shape index (κ1) is 15.9. The van der Waals surface area contributed by atoms with Gasteiger partial charge in [0, 0.05) is 0 Å². The SMILES string of the molecule is CC[C@H]1[C@H](C)CCC2[C@]3(C)CCCC(C)(C)C3CC[C@@]21C. The lowest BCUT2D eigenvalue weighted by Gasteiger charge is -2.66. The molecule has 0 amide bonds. The second kappa shape index (κ2) is 5.00. The summed E-state index contributed by atoms with van der Waals surface area (Å²) in [6.45, 7) is 15.5. The minimum absolute atomic E-state index is 0.582. The van der Waals surface area contributed by atoms with Gasteiger partial charge in [-0.05, 0) is 72.0 Å². The van der Waals surface area contributed by atoms with Crippen LogP contribution in [0.5, 0.6) is 0 Å². The van der Waals surface area contributed by atoms with Crippen molar-refractivity contribution in [3.63, 3.8) is 0 Å². The van der Waals surface area contributed by atoms with Crippen molar-refractivity contribution in [3.05, 3.63) is 0 Å². The van der Waals surface area contributed by atoms with Crippen LogP contribution < -0.4 is 0 Å². The van der Waals surface area contributed by atoms with Crippen LogP contribution in [-0.2, 0) is 0 Å². The van der Waals surface area contributed by atoms with E-state index in [0.717, 1.165) is 23.7 Å². The molecule has 0 N–H and O–H groups in total. The van der Waals surface area contributed by atoms with E-state index in [-0.39, 0.29) is 0 Å². The summed E-state index contributed by atoms with van der Waals surface area (Å²) in [7, 11) is 0. The van der Waals surface area contributed by atoms with Crippen LogP contribution in [0.2, 0.25) is 0 Å². The first-order valence-corrected chi connectivity index (χ1v) is 9.75. The molecule has 3 fully saturated rings. The molecule has 0 aromatic rings. The van der Waals surface area contributed by atoms with Crippen LogP contribution in [0.1, 0.15) is 92.9 Å². The van der Waals surface area contributed by atoms with Gasteiger partial charge in [-0.1, -0.05) is 60.8 Å². The lowest BCUT2D eigenvalue weighted by molar-refractivity contribution is -0.173. The largest absolute Gasteiger partial charge is 0.0651 e. The van der Waals surface area contributed by atoms with Gasteiger partial charge < -0.3 is 0 Å². The molecule has 0 heteroatoms. The van der Waals surface area contributed by atoms with Gasteiger partial charge in [-0.2, -0.15) is 0 Å². The van der Waals surface area contributed by atoms with E-state index in [4.69, 9.17) is 0 Å². The Hall–Kier alpha value is 0. The zero-order valence-corrected chi connectivity index (χ0v) is 15.5. The van der Waals surface area contributed by atoms with Crippen molar-refractivity contribution in [2.24, 2.45) is 39.9 Å². The third-order valence-corrected chi connectivity index (χ3v) is 8.72. The van der Waals surface area contributed by atoms with Crippen molar-refractivity contribution in [2.75, 3.05) is 0 Å². The van der Waals surface area contributed by atoms with Gasteiger partial charge >= 0.3 is 0 Å². The predicted octanol–water partition coefficient (Wildman–Crippen LogP) is 6.69. The summed E-state index contributed by atoms with van der Waals surface area (Å²) in [4.78, 5) is 0. The minimum Gasteiger partial charge on any atom is -0.0651 e. The Morgan fingerprint density at radius 2 is 1.52 bits per heavy atom. The Labute approximate surface area is 133 Å². The van der Waals surface area contributed by atoms with Gasteiger partial charge in [-0.15, -0.1) is 0 Å². The summed E-state index contributed by atoms with van der Waals surface area (Å²) < 4.78 is 0. The van der Waals surface area contributed by atoms with E-state index in [9.17, 15) is 0 Å². The molecule has 122 valence electrons. The van der Waals surface area contributed by atoms with Crippen LogP contribution in [0.25, 0.3) is 0 Å². The zero-order valence-electron chi connectivity index (χ0n) is 15.5.